The number of benzene rings is 2. The van der Waals surface area contributed by atoms with Crippen LogP contribution in [0.15, 0.2) is 47.3 Å². The van der Waals surface area contributed by atoms with Gasteiger partial charge in [-0.3, -0.25) is 19.4 Å². The lowest BCUT2D eigenvalue weighted by atomic mass is 9.73. The standard InChI is InChI=1S/C47H66N6O3/c1-5-53(41-10-20-56-21-11-41)44-27-39(26-42(34(44)4)45(54)49-30-43-32(2)22-33(3)50-46(43)55)38-8-6-35(7-9-38)31-52-18-16-51(17-19-52)15-14-48-13-12-47-28-36-23-37(29-47)25-40(47)24-36/h6-9,22,26-27,36-37,40-41,48H,5,10-21,23-25,28-31H2,1-4H3,(H,49,54)(H,50,55). The fraction of sp³-hybridized carbons (Fsp3) is 0.617. The van der Waals surface area contributed by atoms with Crippen LogP contribution in [0.5, 0.6) is 0 Å². The zero-order valence-corrected chi connectivity index (χ0v) is 34.6. The van der Waals surface area contributed by atoms with Crippen LogP contribution in [0.2, 0.25) is 0 Å². The molecule has 2 atom stereocenters. The van der Waals surface area contributed by atoms with Crippen molar-refractivity contribution in [1.29, 1.82) is 0 Å². The summed E-state index contributed by atoms with van der Waals surface area (Å²) < 4.78 is 5.71. The van der Waals surface area contributed by atoms with Crippen molar-refractivity contribution in [1.82, 2.24) is 25.4 Å². The van der Waals surface area contributed by atoms with Gasteiger partial charge in [-0.2, -0.15) is 0 Å². The number of aromatic amines is 1. The molecule has 2 aromatic carbocycles. The number of hydrogen-bond acceptors (Lipinski definition) is 7. The van der Waals surface area contributed by atoms with Gasteiger partial charge in [0.2, 0.25) is 0 Å². The lowest BCUT2D eigenvalue weighted by Crippen LogP contribution is -2.47. The number of carbonyl (C=O) groups excluding carboxylic acids is 1. The summed E-state index contributed by atoms with van der Waals surface area (Å²) >= 11 is 0. The van der Waals surface area contributed by atoms with E-state index in [1.165, 1.54) is 50.6 Å². The summed E-state index contributed by atoms with van der Waals surface area (Å²) in [7, 11) is 0. The van der Waals surface area contributed by atoms with Gasteiger partial charge in [-0.1, -0.05) is 24.3 Å². The molecular weight excluding hydrogens is 697 g/mol. The Bertz CT molecular complexity index is 1880. The molecule has 0 radical (unpaired) electrons. The van der Waals surface area contributed by atoms with E-state index in [1.54, 1.807) is 0 Å². The lowest BCUT2D eigenvalue weighted by molar-refractivity contribution is 0.0846. The summed E-state index contributed by atoms with van der Waals surface area (Å²) in [5.74, 6) is 3.00. The Morgan fingerprint density at radius 1 is 0.911 bits per heavy atom. The Kier molecular flexibility index (Phi) is 12.0. The van der Waals surface area contributed by atoms with Gasteiger partial charge in [-0.25, -0.2) is 0 Å². The van der Waals surface area contributed by atoms with E-state index in [4.69, 9.17) is 4.74 Å². The third-order valence-electron chi connectivity index (χ3n) is 14.5. The van der Waals surface area contributed by atoms with Crippen LogP contribution in [-0.2, 0) is 17.8 Å². The summed E-state index contributed by atoms with van der Waals surface area (Å²) in [6, 6.07) is 15.6. The lowest BCUT2D eigenvalue weighted by Gasteiger charge is -2.37. The van der Waals surface area contributed by atoms with E-state index >= 15 is 0 Å². The average molecular weight is 763 g/mol. The number of amides is 1. The van der Waals surface area contributed by atoms with E-state index in [2.05, 4.69) is 74.5 Å². The fourth-order valence-corrected chi connectivity index (χ4v) is 11.7. The van der Waals surface area contributed by atoms with Crippen molar-refractivity contribution in [3.05, 3.63) is 86.3 Å². The highest BCUT2D eigenvalue weighted by atomic mass is 16.5. The van der Waals surface area contributed by atoms with Gasteiger partial charge >= 0.3 is 0 Å². The van der Waals surface area contributed by atoms with Gasteiger partial charge < -0.3 is 25.3 Å². The second-order valence-corrected chi connectivity index (χ2v) is 18.1. The maximum atomic E-state index is 14.0. The molecule has 9 rings (SSSR count). The zero-order chi connectivity index (χ0) is 38.8. The molecule has 4 saturated carbocycles. The van der Waals surface area contributed by atoms with Crippen LogP contribution in [0.25, 0.3) is 11.1 Å². The Balaban J connectivity index is 0.882. The number of nitrogens with one attached hydrogen (secondary N) is 3. The van der Waals surface area contributed by atoms with Gasteiger partial charge in [0.15, 0.2) is 0 Å². The number of carbonyl (C=O) groups is 1. The molecule has 2 saturated heterocycles. The number of rotatable bonds is 15. The molecule has 9 heteroatoms. The van der Waals surface area contributed by atoms with Gasteiger partial charge in [-0.15, -0.1) is 0 Å². The predicted molar refractivity (Wildman–Crippen MR) is 226 cm³/mol. The number of pyridine rings is 1. The molecule has 302 valence electrons. The molecular formula is C47H66N6O3. The van der Waals surface area contributed by atoms with Crippen LogP contribution in [0.1, 0.15) is 96.6 Å². The molecule has 1 amide bonds. The number of nitrogens with zero attached hydrogens (tertiary/aromatic N) is 3. The number of H-pyrrole nitrogens is 1. The van der Waals surface area contributed by atoms with Crippen molar-refractivity contribution in [2.75, 3.05) is 70.5 Å². The van der Waals surface area contributed by atoms with Crippen molar-refractivity contribution < 1.29 is 9.53 Å². The number of ether oxygens (including phenoxy) is 1. The average Bonchev–Trinajstić information content (AvgIpc) is 3.58. The van der Waals surface area contributed by atoms with Crippen LogP contribution < -0.4 is 21.1 Å². The Morgan fingerprint density at radius 3 is 2.32 bits per heavy atom. The summed E-state index contributed by atoms with van der Waals surface area (Å²) in [4.78, 5) is 37.3. The second kappa shape index (κ2) is 17.2. The minimum absolute atomic E-state index is 0.151. The number of anilines is 1. The minimum Gasteiger partial charge on any atom is -0.381 e. The first-order valence-electron chi connectivity index (χ1n) is 21.9. The maximum Gasteiger partial charge on any atom is 0.253 e. The van der Waals surface area contributed by atoms with Gasteiger partial charge in [0.25, 0.3) is 11.5 Å². The van der Waals surface area contributed by atoms with Crippen molar-refractivity contribution >= 4 is 11.6 Å². The van der Waals surface area contributed by atoms with Crippen molar-refractivity contribution in [2.45, 2.75) is 98.2 Å². The van der Waals surface area contributed by atoms with Gasteiger partial charge in [0.05, 0.1) is 0 Å². The Morgan fingerprint density at radius 2 is 1.62 bits per heavy atom. The smallest absolute Gasteiger partial charge is 0.253 e. The van der Waals surface area contributed by atoms with Gasteiger partial charge in [-0.05, 0) is 155 Å². The highest BCUT2D eigenvalue weighted by Crippen LogP contribution is 2.66. The van der Waals surface area contributed by atoms with E-state index < -0.39 is 0 Å². The minimum atomic E-state index is -0.165. The highest BCUT2D eigenvalue weighted by molar-refractivity contribution is 5.99. The molecule has 3 N–H and O–H groups in total. The molecule has 56 heavy (non-hydrogen) atoms. The largest absolute Gasteiger partial charge is 0.381 e. The number of piperazine rings is 1. The molecule has 1 aromatic heterocycles. The third kappa shape index (κ3) is 8.52. The van der Waals surface area contributed by atoms with E-state index in [9.17, 15) is 9.59 Å². The van der Waals surface area contributed by atoms with E-state index in [1.807, 2.05) is 26.0 Å². The van der Waals surface area contributed by atoms with Crippen LogP contribution >= 0.6 is 0 Å². The van der Waals surface area contributed by atoms with Crippen molar-refractivity contribution in [3.63, 3.8) is 0 Å². The summed E-state index contributed by atoms with van der Waals surface area (Å²) in [5.41, 5.74) is 8.99. The zero-order valence-electron chi connectivity index (χ0n) is 34.6. The van der Waals surface area contributed by atoms with Crippen LogP contribution in [0.3, 0.4) is 0 Å². The second-order valence-electron chi connectivity index (χ2n) is 18.1. The molecule has 0 spiro atoms. The molecule has 2 aliphatic heterocycles. The van der Waals surface area contributed by atoms with Crippen LogP contribution in [-0.4, -0.2) is 92.3 Å². The topological polar surface area (TPSA) is 92.9 Å². The first-order chi connectivity index (χ1) is 27.2. The Hall–Kier alpha value is -3.50. The summed E-state index contributed by atoms with van der Waals surface area (Å²) in [6.45, 7) is 19.5. The SMILES string of the molecule is CCN(c1cc(-c2ccc(CN3CCN(CCNCCC45CC6CC(CC4C6)C5)CC3)cc2)cc(C(=O)NCc2c(C)cc(C)[nH]c2=O)c1C)C1CCOCC1. The van der Waals surface area contributed by atoms with Crippen molar-refractivity contribution in [3.8, 4) is 11.1 Å². The molecule has 4 bridgehead atoms. The fourth-order valence-electron chi connectivity index (χ4n) is 11.7. The van der Waals surface area contributed by atoms with E-state index in [0.29, 0.717) is 22.6 Å². The number of aromatic nitrogens is 1. The maximum absolute atomic E-state index is 14.0. The van der Waals surface area contributed by atoms with Crippen LogP contribution in [0.4, 0.5) is 5.69 Å². The monoisotopic (exact) mass is 763 g/mol. The molecule has 2 unspecified atom stereocenters. The molecule has 3 heterocycles. The summed E-state index contributed by atoms with van der Waals surface area (Å²) in [5, 5.41) is 6.91. The first kappa shape index (κ1) is 39.3. The third-order valence-corrected chi connectivity index (χ3v) is 14.5. The van der Waals surface area contributed by atoms with Crippen molar-refractivity contribution in [2.24, 2.45) is 23.2 Å². The summed E-state index contributed by atoms with van der Waals surface area (Å²) in [6.07, 6.45) is 11.0. The van der Waals surface area contributed by atoms with E-state index in [-0.39, 0.29) is 18.0 Å². The Labute approximate surface area is 335 Å². The number of hydrogen-bond donors (Lipinski definition) is 3. The van der Waals surface area contributed by atoms with E-state index in [0.717, 1.165) is 130 Å². The first-order valence-corrected chi connectivity index (χ1v) is 21.9. The predicted octanol–water partition coefficient (Wildman–Crippen LogP) is 6.83. The normalized spacial score (nSPS) is 25.2. The molecule has 3 aromatic rings. The van der Waals surface area contributed by atoms with Gasteiger partial charge in [0.1, 0.15) is 0 Å². The van der Waals surface area contributed by atoms with Crippen LogP contribution in [0, 0.1) is 43.9 Å². The molecule has 6 fully saturated rings. The quantitative estimate of drug-likeness (QED) is 0.146. The number of aryl methyl sites for hydroxylation is 2. The molecule has 9 nitrogen and oxygen atoms in total. The molecule has 4 aliphatic carbocycles. The highest BCUT2D eigenvalue weighted by Gasteiger charge is 2.56. The molecule has 6 aliphatic rings. The van der Waals surface area contributed by atoms with Gasteiger partial charge in [0, 0.05) is 101 Å².